The third-order valence-electron chi connectivity index (χ3n) is 1.76. The van der Waals surface area contributed by atoms with Crippen LogP contribution in [-0.4, -0.2) is 10.1 Å². The molecule has 1 heterocycles. The molecular formula is C8H5ClF5NO. The van der Waals surface area contributed by atoms with E-state index in [0.717, 1.165) is 0 Å². The minimum atomic E-state index is -4.86. The summed E-state index contributed by atoms with van der Waals surface area (Å²) in [5.74, 6) is 0. The van der Waals surface area contributed by atoms with E-state index in [2.05, 4.69) is 4.98 Å². The summed E-state index contributed by atoms with van der Waals surface area (Å²) in [7, 11) is 0. The van der Waals surface area contributed by atoms with Gasteiger partial charge in [0, 0.05) is 5.56 Å². The van der Waals surface area contributed by atoms with E-state index in [1.165, 1.54) is 0 Å². The first-order chi connectivity index (χ1) is 7.27. The van der Waals surface area contributed by atoms with Gasteiger partial charge >= 0.3 is 6.18 Å². The average molecular weight is 262 g/mol. The van der Waals surface area contributed by atoms with Gasteiger partial charge in [-0.25, -0.2) is 13.8 Å². The number of hydrogen-bond acceptors (Lipinski definition) is 2. The van der Waals surface area contributed by atoms with Crippen molar-refractivity contribution in [2.45, 2.75) is 19.2 Å². The highest BCUT2D eigenvalue weighted by atomic mass is 35.5. The molecule has 0 saturated carbocycles. The van der Waals surface area contributed by atoms with Crippen LogP contribution >= 0.6 is 11.6 Å². The van der Waals surface area contributed by atoms with Crippen LogP contribution in [0, 0.1) is 0 Å². The van der Waals surface area contributed by atoms with Gasteiger partial charge in [-0.15, -0.1) is 0 Å². The highest BCUT2D eigenvalue weighted by molar-refractivity contribution is 6.31. The van der Waals surface area contributed by atoms with Crippen molar-refractivity contribution in [3.05, 3.63) is 28.0 Å². The Hall–Kier alpha value is -0.950. The summed E-state index contributed by atoms with van der Waals surface area (Å²) in [6.45, 7) is -0.899. The zero-order chi connectivity index (χ0) is 12.5. The van der Waals surface area contributed by atoms with Gasteiger partial charge in [-0.05, 0) is 6.07 Å². The second kappa shape index (κ2) is 4.50. The molecule has 1 rings (SSSR count). The van der Waals surface area contributed by atoms with E-state index in [9.17, 15) is 22.0 Å². The van der Waals surface area contributed by atoms with Crippen molar-refractivity contribution in [3.63, 3.8) is 0 Å². The Kier molecular flexibility index (Phi) is 3.69. The highest BCUT2D eigenvalue weighted by Gasteiger charge is 2.35. The van der Waals surface area contributed by atoms with E-state index >= 15 is 0 Å². The topological polar surface area (TPSA) is 33.1 Å². The van der Waals surface area contributed by atoms with Crippen LogP contribution in [0.2, 0.25) is 5.02 Å². The summed E-state index contributed by atoms with van der Waals surface area (Å²) >= 11 is 5.35. The molecular weight excluding hydrogens is 257 g/mol. The molecule has 0 aromatic carbocycles. The van der Waals surface area contributed by atoms with Gasteiger partial charge in [0.25, 0.3) is 6.43 Å². The van der Waals surface area contributed by atoms with E-state index in [4.69, 9.17) is 16.7 Å². The van der Waals surface area contributed by atoms with Crippen LogP contribution < -0.4 is 0 Å². The van der Waals surface area contributed by atoms with Gasteiger partial charge in [0.1, 0.15) is 11.4 Å². The number of nitrogens with zero attached hydrogens (tertiary/aromatic N) is 1. The minimum absolute atomic E-state index is 0.402. The minimum Gasteiger partial charge on any atom is -0.392 e. The maximum Gasteiger partial charge on any atom is 0.433 e. The van der Waals surface area contributed by atoms with Crippen molar-refractivity contribution in [1.82, 2.24) is 4.98 Å². The molecule has 2 nitrogen and oxygen atoms in total. The monoisotopic (exact) mass is 261 g/mol. The number of pyridine rings is 1. The van der Waals surface area contributed by atoms with Gasteiger partial charge in [-0.2, -0.15) is 13.2 Å². The molecule has 0 fully saturated rings. The van der Waals surface area contributed by atoms with Crippen molar-refractivity contribution in [2.24, 2.45) is 0 Å². The number of aromatic nitrogens is 1. The average Bonchev–Trinajstić information content (AvgIpc) is 2.14. The Bertz CT molecular complexity index is 393. The normalized spacial score (nSPS) is 12.2. The van der Waals surface area contributed by atoms with Gasteiger partial charge < -0.3 is 5.11 Å². The number of aliphatic hydroxyl groups excluding tert-OH is 1. The zero-order valence-electron chi connectivity index (χ0n) is 7.52. The quantitative estimate of drug-likeness (QED) is 0.830. The molecule has 0 spiro atoms. The van der Waals surface area contributed by atoms with Gasteiger partial charge in [0.05, 0.1) is 11.6 Å². The Morgan fingerprint density at radius 2 is 1.94 bits per heavy atom. The number of aliphatic hydroxyl groups is 1. The second-order valence-electron chi connectivity index (χ2n) is 2.81. The van der Waals surface area contributed by atoms with Crippen molar-refractivity contribution in [2.75, 3.05) is 0 Å². The lowest BCUT2D eigenvalue weighted by Crippen LogP contribution is -2.12. The lowest BCUT2D eigenvalue weighted by atomic mass is 10.2. The Balaban J connectivity index is 3.40. The van der Waals surface area contributed by atoms with Gasteiger partial charge in [0.15, 0.2) is 0 Å². The van der Waals surface area contributed by atoms with E-state index in [0.29, 0.717) is 6.07 Å². The van der Waals surface area contributed by atoms with Crippen LogP contribution in [0.4, 0.5) is 22.0 Å². The number of hydrogen-bond donors (Lipinski definition) is 1. The first-order valence-electron chi connectivity index (χ1n) is 3.93. The largest absolute Gasteiger partial charge is 0.433 e. The van der Waals surface area contributed by atoms with Crippen LogP contribution in [0.1, 0.15) is 23.4 Å². The summed E-state index contributed by atoms with van der Waals surface area (Å²) in [6, 6.07) is 0.402. The summed E-state index contributed by atoms with van der Waals surface area (Å²) in [5.41, 5.74) is -3.16. The Morgan fingerprint density at radius 1 is 1.38 bits per heavy atom. The standard InChI is InChI=1S/C8H5ClF5NO/c9-4-1-5(8(12,13)14)15-6(7(10)11)3(4)2-16/h1,7,16H,2H2. The lowest BCUT2D eigenvalue weighted by molar-refractivity contribution is -0.141. The molecule has 0 aliphatic carbocycles. The lowest BCUT2D eigenvalue weighted by Gasteiger charge is -2.12. The van der Waals surface area contributed by atoms with Crippen molar-refractivity contribution >= 4 is 11.6 Å². The van der Waals surface area contributed by atoms with Gasteiger partial charge in [0.2, 0.25) is 0 Å². The second-order valence-corrected chi connectivity index (χ2v) is 3.22. The van der Waals surface area contributed by atoms with Crippen molar-refractivity contribution < 1.29 is 27.1 Å². The van der Waals surface area contributed by atoms with Gasteiger partial charge in [-0.3, -0.25) is 0 Å². The van der Waals surface area contributed by atoms with Crippen molar-refractivity contribution in [1.29, 1.82) is 0 Å². The van der Waals surface area contributed by atoms with E-state index in [1.807, 2.05) is 0 Å². The summed E-state index contributed by atoms with van der Waals surface area (Å²) in [5, 5.41) is 8.12. The number of halogens is 6. The maximum absolute atomic E-state index is 12.4. The van der Waals surface area contributed by atoms with E-state index < -0.39 is 41.2 Å². The van der Waals surface area contributed by atoms with Gasteiger partial charge in [-0.1, -0.05) is 11.6 Å². The number of alkyl halides is 5. The van der Waals surface area contributed by atoms with E-state index in [-0.39, 0.29) is 0 Å². The maximum atomic E-state index is 12.4. The Labute approximate surface area is 91.7 Å². The molecule has 8 heteroatoms. The molecule has 1 N–H and O–H groups in total. The third-order valence-corrected chi connectivity index (χ3v) is 2.09. The molecule has 0 unspecified atom stereocenters. The van der Waals surface area contributed by atoms with Crippen LogP contribution in [0.3, 0.4) is 0 Å². The molecule has 0 atom stereocenters. The van der Waals surface area contributed by atoms with Crippen LogP contribution in [-0.2, 0) is 12.8 Å². The molecule has 0 saturated heterocycles. The molecule has 0 radical (unpaired) electrons. The molecule has 0 bridgehead atoms. The van der Waals surface area contributed by atoms with Crippen molar-refractivity contribution in [3.8, 4) is 0 Å². The third kappa shape index (κ3) is 2.59. The highest BCUT2D eigenvalue weighted by Crippen LogP contribution is 2.34. The molecule has 0 aliphatic heterocycles. The first kappa shape index (κ1) is 13.1. The first-order valence-corrected chi connectivity index (χ1v) is 4.30. The summed E-state index contributed by atoms with van der Waals surface area (Å²) in [6.07, 6.45) is -8.09. The van der Waals surface area contributed by atoms with E-state index in [1.54, 1.807) is 0 Å². The summed E-state index contributed by atoms with van der Waals surface area (Å²) < 4.78 is 61.4. The zero-order valence-corrected chi connectivity index (χ0v) is 8.28. The van der Waals surface area contributed by atoms with Crippen LogP contribution in [0.25, 0.3) is 0 Å². The predicted molar refractivity (Wildman–Crippen MR) is 45.1 cm³/mol. The smallest absolute Gasteiger partial charge is 0.392 e. The van der Waals surface area contributed by atoms with Crippen LogP contribution in [0.15, 0.2) is 6.07 Å². The molecule has 0 amide bonds. The SMILES string of the molecule is OCc1c(Cl)cc(C(F)(F)F)nc1C(F)F. The fourth-order valence-corrected chi connectivity index (χ4v) is 1.30. The number of rotatable bonds is 2. The molecule has 1 aromatic heterocycles. The van der Waals surface area contributed by atoms with Crippen LogP contribution in [0.5, 0.6) is 0 Å². The fraction of sp³-hybridized carbons (Fsp3) is 0.375. The fourth-order valence-electron chi connectivity index (χ4n) is 1.04. The molecule has 0 aliphatic rings. The molecule has 90 valence electrons. The predicted octanol–water partition coefficient (Wildman–Crippen LogP) is 3.18. The molecule has 1 aromatic rings. The molecule has 16 heavy (non-hydrogen) atoms. The summed E-state index contributed by atoms with van der Waals surface area (Å²) in [4.78, 5) is 2.76. The Morgan fingerprint density at radius 3 is 2.31 bits per heavy atom.